The molecule has 1 N–H and O–H groups in total. The SMILES string of the molecule is CCS(=O)(=O)c1ccc([C@H](CC#N)NC(=O)c2ccc(N3C[C@@H](OC)C[C@H]3COC(F)F)cc2)cc1. The Hall–Kier alpha value is -3.07. The Balaban J connectivity index is 1.72. The summed E-state index contributed by atoms with van der Waals surface area (Å²) in [5, 5.41) is 12.1. The van der Waals surface area contributed by atoms with Gasteiger partial charge in [0.15, 0.2) is 9.84 Å². The average molecular weight is 522 g/mol. The molecule has 1 aliphatic rings. The Labute approximate surface area is 209 Å². The van der Waals surface area contributed by atoms with Crippen molar-refractivity contribution in [3.05, 3.63) is 59.7 Å². The molecular weight excluding hydrogens is 492 g/mol. The van der Waals surface area contributed by atoms with Crippen LogP contribution in [0.1, 0.15) is 41.7 Å². The van der Waals surface area contributed by atoms with Crippen LogP contribution >= 0.6 is 0 Å². The van der Waals surface area contributed by atoms with E-state index in [1.807, 2.05) is 11.0 Å². The minimum atomic E-state index is -3.36. The molecule has 11 heteroatoms. The maximum Gasteiger partial charge on any atom is 0.345 e. The van der Waals surface area contributed by atoms with Crippen molar-refractivity contribution in [1.82, 2.24) is 5.32 Å². The number of alkyl halides is 2. The molecule has 0 saturated carbocycles. The normalized spacial score (nSPS) is 18.7. The second-order valence-electron chi connectivity index (χ2n) is 8.40. The van der Waals surface area contributed by atoms with E-state index in [-0.39, 0.29) is 35.8 Å². The second-order valence-corrected chi connectivity index (χ2v) is 10.7. The van der Waals surface area contributed by atoms with E-state index in [0.717, 1.165) is 5.69 Å². The second kappa shape index (κ2) is 12.3. The van der Waals surface area contributed by atoms with Crippen LogP contribution in [0.5, 0.6) is 0 Å². The number of nitrogens with zero attached hydrogens (tertiary/aromatic N) is 2. The van der Waals surface area contributed by atoms with Crippen molar-refractivity contribution < 1.29 is 31.5 Å². The topological polar surface area (TPSA) is 109 Å². The highest BCUT2D eigenvalue weighted by molar-refractivity contribution is 7.91. The average Bonchev–Trinajstić information content (AvgIpc) is 3.30. The van der Waals surface area contributed by atoms with Gasteiger partial charge >= 0.3 is 6.61 Å². The fraction of sp³-hybridized carbons (Fsp3) is 0.440. The number of sulfone groups is 1. The molecule has 0 unspecified atom stereocenters. The van der Waals surface area contributed by atoms with Crippen LogP contribution in [0, 0.1) is 11.3 Å². The largest absolute Gasteiger partial charge is 0.380 e. The van der Waals surface area contributed by atoms with E-state index in [4.69, 9.17) is 4.74 Å². The summed E-state index contributed by atoms with van der Waals surface area (Å²) in [6.07, 6.45) is 0.422. The predicted molar refractivity (Wildman–Crippen MR) is 130 cm³/mol. The van der Waals surface area contributed by atoms with Crippen LogP contribution in [0.3, 0.4) is 0 Å². The molecule has 0 bridgehead atoms. The monoisotopic (exact) mass is 521 g/mol. The van der Waals surface area contributed by atoms with Gasteiger partial charge < -0.3 is 19.7 Å². The number of hydrogen-bond donors (Lipinski definition) is 1. The lowest BCUT2D eigenvalue weighted by Gasteiger charge is -2.26. The lowest BCUT2D eigenvalue weighted by Crippen LogP contribution is -2.34. The van der Waals surface area contributed by atoms with Gasteiger partial charge in [-0.15, -0.1) is 0 Å². The molecule has 1 heterocycles. The molecule has 0 spiro atoms. The first-order valence-corrected chi connectivity index (χ1v) is 13.1. The summed E-state index contributed by atoms with van der Waals surface area (Å²) in [5.74, 6) is -0.426. The van der Waals surface area contributed by atoms with Crippen LogP contribution < -0.4 is 10.2 Å². The van der Waals surface area contributed by atoms with Crippen molar-refractivity contribution in [3.8, 4) is 6.07 Å². The third kappa shape index (κ3) is 6.78. The fourth-order valence-electron chi connectivity index (χ4n) is 4.17. The number of halogens is 2. The quantitative estimate of drug-likeness (QED) is 0.480. The zero-order valence-corrected chi connectivity index (χ0v) is 20.9. The Kier molecular flexibility index (Phi) is 9.37. The van der Waals surface area contributed by atoms with Gasteiger partial charge in [0.05, 0.1) is 47.9 Å². The molecule has 2 aromatic carbocycles. The number of hydrogen-bond acceptors (Lipinski definition) is 7. The molecule has 8 nitrogen and oxygen atoms in total. The number of anilines is 1. The number of nitriles is 1. The van der Waals surface area contributed by atoms with E-state index in [9.17, 15) is 27.3 Å². The Bertz CT molecular complexity index is 1170. The van der Waals surface area contributed by atoms with E-state index >= 15 is 0 Å². The predicted octanol–water partition coefficient (Wildman–Crippen LogP) is 3.70. The highest BCUT2D eigenvalue weighted by Gasteiger charge is 2.33. The number of carbonyl (C=O) groups excluding carboxylic acids is 1. The Morgan fingerprint density at radius 3 is 2.42 bits per heavy atom. The first-order valence-electron chi connectivity index (χ1n) is 11.5. The Morgan fingerprint density at radius 1 is 1.19 bits per heavy atom. The van der Waals surface area contributed by atoms with Gasteiger partial charge in [-0.25, -0.2) is 8.42 Å². The third-order valence-corrected chi connectivity index (χ3v) is 7.96. The lowest BCUT2D eigenvalue weighted by atomic mass is 10.0. The minimum Gasteiger partial charge on any atom is -0.380 e. The van der Waals surface area contributed by atoms with Gasteiger partial charge in [0, 0.05) is 24.9 Å². The summed E-state index contributed by atoms with van der Waals surface area (Å²) in [4.78, 5) is 15.0. The van der Waals surface area contributed by atoms with E-state index in [2.05, 4.69) is 10.1 Å². The molecule has 3 rings (SSSR count). The van der Waals surface area contributed by atoms with Crippen molar-refractivity contribution in [2.45, 2.75) is 49.5 Å². The van der Waals surface area contributed by atoms with Gasteiger partial charge in [-0.3, -0.25) is 4.79 Å². The Morgan fingerprint density at radius 2 is 1.86 bits per heavy atom. The van der Waals surface area contributed by atoms with Crippen LogP contribution in [-0.4, -0.2) is 59.1 Å². The molecule has 1 saturated heterocycles. The first kappa shape index (κ1) is 27.5. The van der Waals surface area contributed by atoms with Gasteiger partial charge in [-0.1, -0.05) is 19.1 Å². The number of ether oxygens (including phenoxy) is 2. The van der Waals surface area contributed by atoms with Crippen molar-refractivity contribution in [3.63, 3.8) is 0 Å². The molecule has 3 atom stereocenters. The summed E-state index contributed by atoms with van der Waals surface area (Å²) in [7, 11) is -1.79. The standard InChI is InChI=1S/C25H29F2N3O5S/c1-3-36(32,33)22-10-6-17(7-11-22)23(12-13-28)29-24(31)18-4-8-19(9-5-18)30-15-21(34-2)14-20(30)16-35-25(26)27/h4-11,20-21,23,25H,3,12,14-16H2,1-2H3,(H,29,31)/t20-,21-,23-/m0/s1. The van der Waals surface area contributed by atoms with Gasteiger partial charge in [0.1, 0.15) is 0 Å². The van der Waals surface area contributed by atoms with E-state index in [1.165, 1.54) is 12.1 Å². The summed E-state index contributed by atoms with van der Waals surface area (Å²) >= 11 is 0. The summed E-state index contributed by atoms with van der Waals surface area (Å²) in [5.41, 5.74) is 1.71. The van der Waals surface area contributed by atoms with Gasteiger partial charge in [0.2, 0.25) is 0 Å². The van der Waals surface area contributed by atoms with Gasteiger partial charge in [-0.05, 0) is 48.4 Å². The van der Waals surface area contributed by atoms with Crippen molar-refractivity contribution in [2.75, 3.05) is 30.9 Å². The van der Waals surface area contributed by atoms with Crippen LogP contribution in [0.25, 0.3) is 0 Å². The molecule has 0 aromatic heterocycles. The molecule has 1 aliphatic heterocycles. The number of carbonyl (C=O) groups is 1. The van der Waals surface area contributed by atoms with Crippen LogP contribution in [-0.2, 0) is 19.3 Å². The van der Waals surface area contributed by atoms with Gasteiger partial charge in [0.25, 0.3) is 5.91 Å². The van der Waals surface area contributed by atoms with Crippen LogP contribution in [0.4, 0.5) is 14.5 Å². The van der Waals surface area contributed by atoms with Crippen molar-refractivity contribution in [2.24, 2.45) is 0 Å². The highest BCUT2D eigenvalue weighted by atomic mass is 32.2. The first-order chi connectivity index (χ1) is 17.2. The molecule has 2 aromatic rings. The molecular formula is C25H29F2N3O5S. The lowest BCUT2D eigenvalue weighted by molar-refractivity contribution is -0.132. The zero-order valence-electron chi connectivity index (χ0n) is 20.1. The molecule has 194 valence electrons. The molecule has 0 aliphatic carbocycles. The number of rotatable bonds is 11. The summed E-state index contributed by atoms with van der Waals surface area (Å²) in [6, 6.07) is 13.9. The number of amides is 1. The van der Waals surface area contributed by atoms with Crippen LogP contribution in [0.15, 0.2) is 53.4 Å². The van der Waals surface area contributed by atoms with E-state index in [1.54, 1.807) is 50.4 Å². The molecule has 36 heavy (non-hydrogen) atoms. The zero-order chi connectivity index (χ0) is 26.3. The number of methoxy groups -OCH3 is 1. The summed E-state index contributed by atoms with van der Waals surface area (Å²) < 4.78 is 59.1. The maximum atomic E-state index is 12.9. The molecule has 1 amide bonds. The minimum absolute atomic E-state index is 0.00169. The van der Waals surface area contributed by atoms with E-state index in [0.29, 0.717) is 24.1 Å². The van der Waals surface area contributed by atoms with Crippen molar-refractivity contribution in [1.29, 1.82) is 5.26 Å². The van der Waals surface area contributed by atoms with Crippen LogP contribution in [0.2, 0.25) is 0 Å². The smallest absolute Gasteiger partial charge is 0.345 e. The summed E-state index contributed by atoms with van der Waals surface area (Å²) in [6.45, 7) is -0.931. The molecule has 1 fully saturated rings. The number of benzene rings is 2. The fourth-order valence-corrected chi connectivity index (χ4v) is 5.05. The highest BCUT2D eigenvalue weighted by Crippen LogP contribution is 2.28. The maximum absolute atomic E-state index is 12.9. The molecule has 0 radical (unpaired) electrons. The van der Waals surface area contributed by atoms with Crippen molar-refractivity contribution >= 4 is 21.4 Å². The number of nitrogens with one attached hydrogen (secondary N) is 1. The van der Waals surface area contributed by atoms with Gasteiger partial charge in [-0.2, -0.15) is 14.0 Å². The third-order valence-electron chi connectivity index (χ3n) is 6.21. The van der Waals surface area contributed by atoms with E-state index < -0.39 is 28.4 Å².